The Kier molecular flexibility index (Phi) is 4.91. The van der Waals surface area contributed by atoms with Gasteiger partial charge < -0.3 is 10.4 Å². The van der Waals surface area contributed by atoms with Gasteiger partial charge in [-0.15, -0.1) is 11.3 Å². The first-order valence-electron chi connectivity index (χ1n) is 7.10. The van der Waals surface area contributed by atoms with Crippen molar-refractivity contribution in [1.82, 2.24) is 19.9 Å². The molecule has 10 heteroatoms. The fourth-order valence-electron chi connectivity index (χ4n) is 1.98. The highest BCUT2D eigenvalue weighted by Gasteiger charge is 2.33. The molecule has 3 rings (SSSR count). The third-order valence-corrected chi connectivity index (χ3v) is 4.02. The standard InChI is InChI=1S/C15H12F3N5OS/c16-15(17,18)11-4-12(20-6-13-21-10(7-24)8-25-13)23-14(22-11)9-2-1-3-19-5-9/h1-5,8,24H,6-7H2,(H,20,22,23). The zero-order valence-corrected chi connectivity index (χ0v) is 13.5. The number of halogens is 3. The van der Waals surface area contributed by atoms with Crippen LogP contribution in [0.4, 0.5) is 19.0 Å². The molecule has 2 N–H and O–H groups in total. The summed E-state index contributed by atoms with van der Waals surface area (Å²) in [6.07, 6.45) is -1.69. The van der Waals surface area contributed by atoms with Crippen LogP contribution in [0.1, 0.15) is 16.4 Å². The minimum Gasteiger partial charge on any atom is -0.390 e. The number of hydrogen-bond acceptors (Lipinski definition) is 7. The zero-order valence-electron chi connectivity index (χ0n) is 12.7. The number of pyridine rings is 1. The van der Waals surface area contributed by atoms with Gasteiger partial charge in [-0.1, -0.05) is 0 Å². The van der Waals surface area contributed by atoms with Crippen molar-refractivity contribution in [2.24, 2.45) is 0 Å². The van der Waals surface area contributed by atoms with Crippen molar-refractivity contribution in [3.05, 3.63) is 52.4 Å². The lowest BCUT2D eigenvalue weighted by Crippen LogP contribution is -2.12. The van der Waals surface area contributed by atoms with Crippen LogP contribution >= 0.6 is 11.3 Å². The highest BCUT2D eigenvalue weighted by Crippen LogP contribution is 2.30. The maximum atomic E-state index is 13.1. The fourth-order valence-corrected chi connectivity index (χ4v) is 2.70. The van der Waals surface area contributed by atoms with Crippen molar-refractivity contribution in [3.8, 4) is 11.4 Å². The van der Waals surface area contributed by atoms with Gasteiger partial charge in [-0.3, -0.25) is 4.98 Å². The van der Waals surface area contributed by atoms with Gasteiger partial charge >= 0.3 is 6.18 Å². The molecule has 0 saturated heterocycles. The molecule has 0 aliphatic rings. The SMILES string of the molecule is OCc1csc(CNc2cc(C(F)(F)F)nc(-c3cccnc3)n2)n1. The van der Waals surface area contributed by atoms with Gasteiger partial charge in [0.1, 0.15) is 10.8 Å². The first-order valence-corrected chi connectivity index (χ1v) is 7.98. The molecule has 130 valence electrons. The number of nitrogens with zero attached hydrogens (tertiary/aromatic N) is 4. The van der Waals surface area contributed by atoms with E-state index in [0.29, 0.717) is 16.3 Å². The van der Waals surface area contributed by atoms with Crippen LogP contribution in [0.5, 0.6) is 0 Å². The predicted octanol–water partition coefficient (Wildman–Crippen LogP) is 3.12. The van der Waals surface area contributed by atoms with Gasteiger partial charge in [0, 0.05) is 29.4 Å². The average molecular weight is 367 g/mol. The van der Waals surface area contributed by atoms with Crippen LogP contribution in [0.2, 0.25) is 0 Å². The Morgan fingerprint density at radius 3 is 2.68 bits per heavy atom. The molecule has 0 fully saturated rings. The monoisotopic (exact) mass is 367 g/mol. The summed E-state index contributed by atoms with van der Waals surface area (Å²) >= 11 is 1.29. The highest BCUT2D eigenvalue weighted by molar-refractivity contribution is 7.09. The van der Waals surface area contributed by atoms with E-state index in [-0.39, 0.29) is 24.8 Å². The molecule has 0 radical (unpaired) electrons. The number of aliphatic hydroxyl groups is 1. The number of nitrogens with one attached hydrogen (secondary N) is 1. The Labute approximate surface area is 144 Å². The minimum absolute atomic E-state index is 0.0296. The second-order valence-electron chi connectivity index (χ2n) is 4.95. The Balaban J connectivity index is 1.89. The van der Waals surface area contributed by atoms with Gasteiger partial charge in [0.05, 0.1) is 18.8 Å². The molecule has 0 aliphatic heterocycles. The molecule has 3 heterocycles. The molecule has 25 heavy (non-hydrogen) atoms. The van der Waals surface area contributed by atoms with Crippen molar-refractivity contribution >= 4 is 17.2 Å². The van der Waals surface area contributed by atoms with Gasteiger partial charge in [-0.25, -0.2) is 15.0 Å². The summed E-state index contributed by atoms with van der Waals surface area (Å²) in [5.41, 5.74) is -0.149. The van der Waals surface area contributed by atoms with E-state index < -0.39 is 11.9 Å². The summed E-state index contributed by atoms with van der Waals surface area (Å²) < 4.78 is 39.3. The van der Waals surface area contributed by atoms with E-state index in [0.717, 1.165) is 6.07 Å². The number of aromatic nitrogens is 4. The van der Waals surface area contributed by atoms with Crippen molar-refractivity contribution < 1.29 is 18.3 Å². The quantitative estimate of drug-likeness (QED) is 0.721. The topological polar surface area (TPSA) is 83.8 Å². The van der Waals surface area contributed by atoms with Crippen LogP contribution < -0.4 is 5.32 Å². The van der Waals surface area contributed by atoms with E-state index in [4.69, 9.17) is 5.11 Å². The second-order valence-corrected chi connectivity index (χ2v) is 5.89. The lowest BCUT2D eigenvalue weighted by Gasteiger charge is -2.11. The van der Waals surface area contributed by atoms with Crippen molar-refractivity contribution in [2.75, 3.05) is 5.32 Å². The number of anilines is 1. The zero-order chi connectivity index (χ0) is 17.9. The van der Waals surface area contributed by atoms with Crippen LogP contribution in [-0.2, 0) is 19.3 Å². The Bertz CT molecular complexity index is 854. The van der Waals surface area contributed by atoms with Crippen LogP contribution in [0.25, 0.3) is 11.4 Å². The fraction of sp³-hybridized carbons (Fsp3) is 0.200. The molecular weight excluding hydrogens is 355 g/mol. The van der Waals surface area contributed by atoms with E-state index in [1.165, 1.54) is 23.7 Å². The van der Waals surface area contributed by atoms with Gasteiger partial charge in [0.25, 0.3) is 0 Å². The minimum atomic E-state index is -4.60. The van der Waals surface area contributed by atoms with E-state index in [1.807, 2.05) is 0 Å². The number of rotatable bonds is 5. The number of aliphatic hydroxyl groups excluding tert-OH is 1. The summed E-state index contributed by atoms with van der Waals surface area (Å²) in [5, 5.41) is 14.1. The van der Waals surface area contributed by atoms with Crippen molar-refractivity contribution in [3.63, 3.8) is 0 Å². The smallest absolute Gasteiger partial charge is 0.390 e. The normalized spacial score (nSPS) is 11.5. The number of alkyl halides is 3. The second kappa shape index (κ2) is 7.11. The van der Waals surface area contributed by atoms with Crippen LogP contribution in [-0.4, -0.2) is 25.0 Å². The molecule has 0 bridgehead atoms. The Morgan fingerprint density at radius 2 is 2.04 bits per heavy atom. The van der Waals surface area contributed by atoms with Crippen LogP contribution in [0.3, 0.4) is 0 Å². The maximum Gasteiger partial charge on any atom is 0.433 e. The summed E-state index contributed by atoms with van der Waals surface area (Å²) in [7, 11) is 0. The Morgan fingerprint density at radius 1 is 1.20 bits per heavy atom. The predicted molar refractivity (Wildman–Crippen MR) is 85.6 cm³/mol. The van der Waals surface area contributed by atoms with Gasteiger partial charge in [-0.2, -0.15) is 13.2 Å². The van der Waals surface area contributed by atoms with Crippen LogP contribution in [0, 0.1) is 0 Å². The molecule has 0 spiro atoms. The van der Waals surface area contributed by atoms with Crippen molar-refractivity contribution in [1.29, 1.82) is 0 Å². The van der Waals surface area contributed by atoms with Gasteiger partial charge in [0.2, 0.25) is 0 Å². The lowest BCUT2D eigenvalue weighted by atomic mass is 10.2. The number of hydrogen-bond donors (Lipinski definition) is 2. The maximum absolute atomic E-state index is 13.1. The van der Waals surface area contributed by atoms with E-state index in [1.54, 1.807) is 17.5 Å². The average Bonchev–Trinajstić information content (AvgIpc) is 3.08. The summed E-state index contributed by atoms with van der Waals surface area (Å²) in [5.74, 6) is -0.0393. The van der Waals surface area contributed by atoms with E-state index in [2.05, 4.69) is 25.3 Å². The van der Waals surface area contributed by atoms with Crippen molar-refractivity contribution in [2.45, 2.75) is 19.3 Å². The molecule has 0 aliphatic carbocycles. The first-order chi connectivity index (χ1) is 12.0. The molecule has 3 aromatic heterocycles. The van der Waals surface area contributed by atoms with Gasteiger partial charge in [-0.05, 0) is 12.1 Å². The Hall–Kier alpha value is -2.59. The molecule has 6 nitrogen and oxygen atoms in total. The third kappa shape index (κ3) is 4.28. The highest BCUT2D eigenvalue weighted by atomic mass is 32.1. The molecule has 3 aromatic rings. The largest absolute Gasteiger partial charge is 0.433 e. The molecule has 0 unspecified atom stereocenters. The molecule has 0 atom stereocenters. The molecule has 0 aromatic carbocycles. The molecular formula is C15H12F3N5OS. The van der Waals surface area contributed by atoms with E-state index >= 15 is 0 Å². The first kappa shape index (κ1) is 17.2. The third-order valence-electron chi connectivity index (χ3n) is 3.12. The molecule has 0 saturated carbocycles. The summed E-state index contributed by atoms with van der Waals surface area (Å²) in [4.78, 5) is 15.7. The summed E-state index contributed by atoms with van der Waals surface area (Å²) in [6.45, 7) is -0.00115. The van der Waals surface area contributed by atoms with Crippen LogP contribution in [0.15, 0.2) is 36.0 Å². The van der Waals surface area contributed by atoms with E-state index in [9.17, 15) is 13.2 Å². The summed E-state index contributed by atoms with van der Waals surface area (Å²) in [6, 6.07) is 4.03. The number of thiazole rings is 1. The lowest BCUT2D eigenvalue weighted by molar-refractivity contribution is -0.141. The van der Waals surface area contributed by atoms with Gasteiger partial charge in [0.15, 0.2) is 11.5 Å². The molecule has 0 amide bonds.